The number of rotatable bonds is 2. The monoisotopic (exact) mass is 219 g/mol. The molecular formula is C12H14FN3. The molecule has 16 heavy (non-hydrogen) atoms. The molecule has 1 unspecified atom stereocenters. The van der Waals surface area contributed by atoms with Crippen molar-refractivity contribution in [1.29, 1.82) is 5.26 Å². The summed E-state index contributed by atoms with van der Waals surface area (Å²) in [6.45, 7) is 3.17. The Balaban J connectivity index is 2.02. The molecule has 1 aliphatic rings. The van der Waals surface area contributed by atoms with Crippen LogP contribution < -0.4 is 5.32 Å². The molecule has 1 aliphatic heterocycles. The van der Waals surface area contributed by atoms with E-state index in [0.29, 0.717) is 13.1 Å². The second-order valence-electron chi connectivity index (χ2n) is 3.95. The summed E-state index contributed by atoms with van der Waals surface area (Å²) in [7, 11) is 0. The van der Waals surface area contributed by atoms with Crippen molar-refractivity contribution in [3.05, 3.63) is 35.6 Å². The van der Waals surface area contributed by atoms with Gasteiger partial charge in [0.25, 0.3) is 0 Å². The van der Waals surface area contributed by atoms with Gasteiger partial charge in [-0.2, -0.15) is 5.26 Å². The van der Waals surface area contributed by atoms with E-state index < -0.39 is 0 Å². The molecule has 1 atom stereocenters. The molecule has 84 valence electrons. The van der Waals surface area contributed by atoms with E-state index in [4.69, 9.17) is 5.26 Å². The highest BCUT2D eigenvalue weighted by Gasteiger charge is 2.21. The SMILES string of the molecule is N#CC1CNCCN1Cc1ccc(F)cc1. The van der Waals surface area contributed by atoms with Crippen LogP contribution in [0.3, 0.4) is 0 Å². The van der Waals surface area contributed by atoms with Crippen molar-refractivity contribution in [2.75, 3.05) is 19.6 Å². The molecule has 0 amide bonds. The van der Waals surface area contributed by atoms with Crippen LogP contribution >= 0.6 is 0 Å². The third-order valence-electron chi connectivity index (χ3n) is 2.80. The summed E-state index contributed by atoms with van der Waals surface area (Å²) in [5.41, 5.74) is 1.04. The van der Waals surface area contributed by atoms with Crippen molar-refractivity contribution >= 4 is 0 Å². The van der Waals surface area contributed by atoms with E-state index in [1.807, 2.05) is 0 Å². The fourth-order valence-corrected chi connectivity index (χ4v) is 1.89. The van der Waals surface area contributed by atoms with Crippen molar-refractivity contribution in [3.8, 4) is 6.07 Å². The number of hydrogen-bond donors (Lipinski definition) is 1. The molecule has 0 saturated carbocycles. The molecule has 1 heterocycles. The minimum absolute atomic E-state index is 0.0844. The molecule has 4 heteroatoms. The molecule has 1 fully saturated rings. The van der Waals surface area contributed by atoms with Crippen molar-refractivity contribution < 1.29 is 4.39 Å². The Bertz CT molecular complexity index is 382. The smallest absolute Gasteiger partial charge is 0.123 e. The van der Waals surface area contributed by atoms with E-state index in [0.717, 1.165) is 18.7 Å². The topological polar surface area (TPSA) is 39.1 Å². The highest BCUT2D eigenvalue weighted by Crippen LogP contribution is 2.10. The molecule has 3 nitrogen and oxygen atoms in total. The van der Waals surface area contributed by atoms with Gasteiger partial charge in [-0.15, -0.1) is 0 Å². The maximum absolute atomic E-state index is 12.7. The Hall–Kier alpha value is -1.44. The van der Waals surface area contributed by atoms with Crippen molar-refractivity contribution in [2.24, 2.45) is 0 Å². The van der Waals surface area contributed by atoms with Crippen LogP contribution in [0.25, 0.3) is 0 Å². The molecular weight excluding hydrogens is 205 g/mol. The van der Waals surface area contributed by atoms with E-state index in [1.54, 1.807) is 12.1 Å². The van der Waals surface area contributed by atoms with Crippen LogP contribution in [0.1, 0.15) is 5.56 Å². The number of piperazine rings is 1. The Kier molecular flexibility index (Phi) is 3.50. The highest BCUT2D eigenvalue weighted by atomic mass is 19.1. The van der Waals surface area contributed by atoms with Crippen molar-refractivity contribution in [2.45, 2.75) is 12.6 Å². The van der Waals surface area contributed by atoms with E-state index >= 15 is 0 Å². The van der Waals surface area contributed by atoms with E-state index in [-0.39, 0.29) is 11.9 Å². The largest absolute Gasteiger partial charge is 0.313 e. The number of nitrogens with one attached hydrogen (secondary N) is 1. The minimum atomic E-state index is -0.221. The van der Waals surface area contributed by atoms with Crippen LogP contribution in [-0.4, -0.2) is 30.6 Å². The Morgan fingerprint density at radius 3 is 2.88 bits per heavy atom. The predicted molar refractivity (Wildman–Crippen MR) is 59.1 cm³/mol. The van der Waals surface area contributed by atoms with Crippen LogP contribution in [0.4, 0.5) is 4.39 Å². The van der Waals surface area contributed by atoms with Gasteiger partial charge >= 0.3 is 0 Å². The quantitative estimate of drug-likeness (QED) is 0.810. The first-order chi connectivity index (χ1) is 7.79. The van der Waals surface area contributed by atoms with Gasteiger partial charge in [-0.25, -0.2) is 4.39 Å². The van der Waals surface area contributed by atoms with Gasteiger partial charge in [0.05, 0.1) is 6.07 Å². The van der Waals surface area contributed by atoms with Gasteiger partial charge in [0, 0.05) is 26.2 Å². The molecule has 0 aliphatic carbocycles. The normalized spacial score (nSPS) is 21.6. The molecule has 1 aromatic rings. The van der Waals surface area contributed by atoms with Gasteiger partial charge < -0.3 is 5.32 Å². The van der Waals surface area contributed by atoms with Crippen LogP contribution in [-0.2, 0) is 6.54 Å². The number of nitrogens with zero attached hydrogens (tertiary/aromatic N) is 2. The Labute approximate surface area is 94.5 Å². The van der Waals surface area contributed by atoms with Gasteiger partial charge in [0.2, 0.25) is 0 Å². The fraction of sp³-hybridized carbons (Fsp3) is 0.417. The summed E-state index contributed by atoms with van der Waals surface area (Å²) < 4.78 is 12.7. The lowest BCUT2D eigenvalue weighted by molar-refractivity contribution is 0.189. The zero-order valence-corrected chi connectivity index (χ0v) is 8.99. The Morgan fingerprint density at radius 2 is 2.19 bits per heavy atom. The standard InChI is InChI=1S/C12H14FN3/c13-11-3-1-10(2-4-11)9-16-6-5-15-8-12(16)7-14/h1-4,12,15H,5-6,8-9H2. The van der Waals surface area contributed by atoms with Crippen LogP contribution in [0.2, 0.25) is 0 Å². The lowest BCUT2D eigenvalue weighted by Crippen LogP contribution is -2.49. The third-order valence-corrected chi connectivity index (χ3v) is 2.80. The first-order valence-corrected chi connectivity index (χ1v) is 5.38. The number of halogens is 1. The number of hydrogen-bond acceptors (Lipinski definition) is 3. The van der Waals surface area contributed by atoms with Gasteiger partial charge in [0.15, 0.2) is 0 Å². The van der Waals surface area contributed by atoms with Gasteiger partial charge in [-0.05, 0) is 17.7 Å². The Morgan fingerprint density at radius 1 is 1.44 bits per heavy atom. The summed E-state index contributed by atoms with van der Waals surface area (Å²) in [5, 5.41) is 12.2. The molecule has 1 saturated heterocycles. The van der Waals surface area contributed by atoms with Crippen molar-refractivity contribution in [3.63, 3.8) is 0 Å². The number of nitriles is 1. The van der Waals surface area contributed by atoms with Crippen LogP contribution in [0.5, 0.6) is 0 Å². The summed E-state index contributed by atoms with van der Waals surface area (Å²) in [5.74, 6) is -0.221. The predicted octanol–water partition coefficient (Wildman–Crippen LogP) is 1.12. The zero-order chi connectivity index (χ0) is 11.4. The maximum atomic E-state index is 12.7. The van der Waals surface area contributed by atoms with E-state index in [2.05, 4.69) is 16.3 Å². The second kappa shape index (κ2) is 5.06. The van der Waals surface area contributed by atoms with Gasteiger partial charge in [-0.3, -0.25) is 4.90 Å². The molecule has 1 N–H and O–H groups in total. The highest BCUT2D eigenvalue weighted by molar-refractivity contribution is 5.16. The third kappa shape index (κ3) is 2.57. The van der Waals surface area contributed by atoms with Gasteiger partial charge in [-0.1, -0.05) is 12.1 Å². The molecule has 1 aromatic carbocycles. The lowest BCUT2D eigenvalue weighted by atomic mass is 10.1. The molecule has 0 bridgehead atoms. The number of benzene rings is 1. The summed E-state index contributed by atoms with van der Waals surface area (Å²) in [4.78, 5) is 2.11. The van der Waals surface area contributed by atoms with E-state index in [1.165, 1.54) is 12.1 Å². The zero-order valence-electron chi connectivity index (χ0n) is 8.99. The maximum Gasteiger partial charge on any atom is 0.123 e. The molecule has 0 aromatic heterocycles. The second-order valence-corrected chi connectivity index (χ2v) is 3.95. The van der Waals surface area contributed by atoms with Crippen LogP contribution in [0.15, 0.2) is 24.3 Å². The van der Waals surface area contributed by atoms with Crippen LogP contribution in [0, 0.1) is 17.1 Å². The van der Waals surface area contributed by atoms with E-state index in [9.17, 15) is 4.39 Å². The first kappa shape index (κ1) is 11.1. The summed E-state index contributed by atoms with van der Waals surface area (Å²) >= 11 is 0. The average molecular weight is 219 g/mol. The summed E-state index contributed by atoms with van der Waals surface area (Å²) in [6, 6.07) is 8.64. The fourth-order valence-electron chi connectivity index (χ4n) is 1.89. The molecule has 0 spiro atoms. The van der Waals surface area contributed by atoms with Gasteiger partial charge in [0.1, 0.15) is 11.9 Å². The van der Waals surface area contributed by atoms with Crippen molar-refractivity contribution in [1.82, 2.24) is 10.2 Å². The first-order valence-electron chi connectivity index (χ1n) is 5.38. The summed E-state index contributed by atoms with van der Waals surface area (Å²) in [6.07, 6.45) is 0. The molecule has 0 radical (unpaired) electrons. The lowest BCUT2D eigenvalue weighted by Gasteiger charge is -2.31. The average Bonchev–Trinajstić information content (AvgIpc) is 2.33. The molecule has 2 rings (SSSR count). The minimum Gasteiger partial charge on any atom is -0.313 e.